The van der Waals surface area contributed by atoms with Crippen LogP contribution in [0, 0.1) is 12.8 Å². The fraction of sp³-hybridized carbons (Fsp3) is 0.500. The number of ether oxygens (including phenoxy) is 2. The van der Waals surface area contributed by atoms with Gasteiger partial charge >= 0.3 is 5.97 Å². The molecule has 0 aliphatic heterocycles. The SMILES string of the molecule is COc1cc(C)c(C(N)C(C)CC(=O)O)cc1OC. The Morgan fingerprint density at radius 1 is 1.32 bits per heavy atom. The van der Waals surface area contributed by atoms with Crippen molar-refractivity contribution >= 4 is 5.97 Å². The van der Waals surface area contributed by atoms with E-state index in [1.54, 1.807) is 14.2 Å². The Kier molecular flexibility index (Phi) is 5.18. The lowest BCUT2D eigenvalue weighted by atomic mass is 9.90. The largest absolute Gasteiger partial charge is 0.493 e. The van der Waals surface area contributed by atoms with Gasteiger partial charge in [-0.3, -0.25) is 4.79 Å². The number of rotatable bonds is 6. The number of nitrogens with two attached hydrogens (primary N) is 1. The Labute approximate surface area is 113 Å². The topological polar surface area (TPSA) is 81.8 Å². The van der Waals surface area contributed by atoms with Gasteiger partial charge in [-0.2, -0.15) is 0 Å². The fourth-order valence-electron chi connectivity index (χ4n) is 2.06. The zero-order valence-electron chi connectivity index (χ0n) is 11.8. The number of aryl methyl sites for hydroxylation is 1. The van der Waals surface area contributed by atoms with Crippen molar-refractivity contribution in [1.29, 1.82) is 0 Å². The molecule has 1 aromatic rings. The molecule has 0 saturated carbocycles. The molecule has 1 aromatic carbocycles. The highest BCUT2D eigenvalue weighted by Crippen LogP contribution is 2.34. The number of carbonyl (C=O) groups is 1. The lowest BCUT2D eigenvalue weighted by Crippen LogP contribution is -2.22. The van der Waals surface area contributed by atoms with E-state index in [2.05, 4.69) is 0 Å². The first-order valence-electron chi connectivity index (χ1n) is 6.10. The summed E-state index contributed by atoms with van der Waals surface area (Å²) >= 11 is 0. The van der Waals surface area contributed by atoms with Crippen molar-refractivity contribution in [3.63, 3.8) is 0 Å². The first-order valence-corrected chi connectivity index (χ1v) is 6.10. The number of hydrogen-bond acceptors (Lipinski definition) is 4. The molecule has 0 radical (unpaired) electrons. The fourth-order valence-corrected chi connectivity index (χ4v) is 2.06. The van der Waals surface area contributed by atoms with Crippen LogP contribution >= 0.6 is 0 Å². The average molecular weight is 267 g/mol. The second-order valence-corrected chi connectivity index (χ2v) is 4.66. The first kappa shape index (κ1) is 15.3. The van der Waals surface area contributed by atoms with Crippen molar-refractivity contribution in [2.75, 3.05) is 14.2 Å². The van der Waals surface area contributed by atoms with Gasteiger partial charge in [0.1, 0.15) is 0 Å². The molecule has 19 heavy (non-hydrogen) atoms. The quantitative estimate of drug-likeness (QED) is 0.825. The molecule has 2 atom stereocenters. The van der Waals surface area contributed by atoms with Gasteiger partial charge in [-0.05, 0) is 36.1 Å². The molecule has 2 unspecified atom stereocenters. The minimum atomic E-state index is -0.846. The molecule has 0 saturated heterocycles. The van der Waals surface area contributed by atoms with Crippen molar-refractivity contribution in [3.8, 4) is 11.5 Å². The summed E-state index contributed by atoms with van der Waals surface area (Å²) in [7, 11) is 3.13. The third kappa shape index (κ3) is 3.61. The van der Waals surface area contributed by atoms with Gasteiger partial charge in [-0.25, -0.2) is 0 Å². The summed E-state index contributed by atoms with van der Waals surface area (Å²) in [6, 6.07) is 3.31. The number of carboxylic acids is 1. The highest BCUT2D eigenvalue weighted by molar-refractivity contribution is 5.67. The lowest BCUT2D eigenvalue weighted by Gasteiger charge is -2.22. The molecular formula is C14H21NO4. The summed E-state index contributed by atoms with van der Waals surface area (Å²) in [5.41, 5.74) is 7.98. The highest BCUT2D eigenvalue weighted by Gasteiger charge is 2.21. The molecule has 0 aromatic heterocycles. The number of aliphatic carboxylic acids is 1. The number of benzene rings is 1. The summed E-state index contributed by atoms with van der Waals surface area (Å²) in [5, 5.41) is 8.83. The van der Waals surface area contributed by atoms with Gasteiger partial charge in [-0.15, -0.1) is 0 Å². The van der Waals surface area contributed by atoms with Crippen LogP contribution in [0.3, 0.4) is 0 Å². The minimum Gasteiger partial charge on any atom is -0.493 e. The van der Waals surface area contributed by atoms with E-state index in [1.165, 1.54) is 0 Å². The molecule has 3 N–H and O–H groups in total. The van der Waals surface area contributed by atoms with Gasteiger partial charge in [0.15, 0.2) is 11.5 Å². The molecule has 0 aliphatic rings. The smallest absolute Gasteiger partial charge is 0.303 e. The summed E-state index contributed by atoms with van der Waals surface area (Å²) in [6.45, 7) is 3.75. The normalized spacial score (nSPS) is 13.7. The van der Waals surface area contributed by atoms with Crippen LogP contribution in [-0.2, 0) is 4.79 Å². The zero-order chi connectivity index (χ0) is 14.6. The Morgan fingerprint density at radius 3 is 2.32 bits per heavy atom. The van der Waals surface area contributed by atoms with Crippen LogP contribution in [0.15, 0.2) is 12.1 Å². The molecule has 0 spiro atoms. The van der Waals surface area contributed by atoms with E-state index >= 15 is 0 Å². The van der Waals surface area contributed by atoms with Crippen LogP contribution in [0.1, 0.15) is 30.5 Å². The maximum atomic E-state index is 10.8. The maximum Gasteiger partial charge on any atom is 0.303 e. The van der Waals surface area contributed by atoms with Crippen LogP contribution < -0.4 is 15.2 Å². The zero-order valence-corrected chi connectivity index (χ0v) is 11.8. The molecule has 5 heteroatoms. The Bertz CT molecular complexity index is 459. The van der Waals surface area contributed by atoms with Crippen LogP contribution in [0.4, 0.5) is 0 Å². The van der Waals surface area contributed by atoms with Crippen molar-refractivity contribution in [1.82, 2.24) is 0 Å². The standard InChI is InChI=1S/C14H21NO4/c1-8-5-11(18-3)12(19-4)7-10(8)14(15)9(2)6-13(16)17/h5,7,9,14H,6,15H2,1-4H3,(H,16,17). The van der Waals surface area contributed by atoms with Crippen molar-refractivity contribution < 1.29 is 19.4 Å². The average Bonchev–Trinajstić information content (AvgIpc) is 2.36. The predicted molar refractivity (Wildman–Crippen MR) is 72.6 cm³/mol. The van der Waals surface area contributed by atoms with E-state index in [9.17, 15) is 4.79 Å². The number of methoxy groups -OCH3 is 2. The van der Waals surface area contributed by atoms with Crippen molar-refractivity contribution in [3.05, 3.63) is 23.3 Å². The summed E-state index contributed by atoms with van der Waals surface area (Å²) in [4.78, 5) is 10.8. The molecule has 0 fully saturated rings. The van der Waals surface area contributed by atoms with E-state index in [1.807, 2.05) is 26.0 Å². The molecule has 1 rings (SSSR count). The Hall–Kier alpha value is -1.75. The van der Waals surface area contributed by atoms with E-state index in [-0.39, 0.29) is 18.4 Å². The van der Waals surface area contributed by atoms with Gasteiger partial charge in [0.2, 0.25) is 0 Å². The van der Waals surface area contributed by atoms with Gasteiger partial charge in [0.25, 0.3) is 0 Å². The molecule has 106 valence electrons. The van der Waals surface area contributed by atoms with Crippen molar-refractivity contribution in [2.24, 2.45) is 11.7 Å². The molecule has 0 aliphatic carbocycles. The van der Waals surface area contributed by atoms with E-state index in [4.69, 9.17) is 20.3 Å². The van der Waals surface area contributed by atoms with Gasteiger partial charge in [-0.1, -0.05) is 6.92 Å². The monoisotopic (exact) mass is 267 g/mol. The summed E-state index contributed by atoms with van der Waals surface area (Å²) in [6.07, 6.45) is 0.0367. The minimum absolute atomic E-state index is 0.0367. The molecule has 5 nitrogen and oxygen atoms in total. The molecule has 0 heterocycles. The number of hydrogen-bond donors (Lipinski definition) is 2. The van der Waals surface area contributed by atoms with E-state index in [0.29, 0.717) is 11.5 Å². The predicted octanol–water partition coefficient (Wildman–Crippen LogP) is 2.12. The van der Waals surface area contributed by atoms with Gasteiger partial charge in [0.05, 0.1) is 14.2 Å². The third-order valence-electron chi connectivity index (χ3n) is 3.24. The highest BCUT2D eigenvalue weighted by atomic mass is 16.5. The Balaban J connectivity index is 3.09. The Morgan fingerprint density at radius 2 is 1.84 bits per heavy atom. The summed E-state index contributed by atoms with van der Waals surface area (Å²) in [5.74, 6) is 0.235. The van der Waals surface area contributed by atoms with Crippen LogP contribution in [0.25, 0.3) is 0 Å². The van der Waals surface area contributed by atoms with E-state index < -0.39 is 5.97 Å². The lowest BCUT2D eigenvalue weighted by molar-refractivity contribution is -0.138. The molecule has 0 bridgehead atoms. The second-order valence-electron chi connectivity index (χ2n) is 4.66. The molecule has 0 amide bonds. The second kappa shape index (κ2) is 6.43. The summed E-state index contributed by atoms with van der Waals surface area (Å²) < 4.78 is 10.5. The van der Waals surface area contributed by atoms with Crippen LogP contribution in [0.2, 0.25) is 0 Å². The van der Waals surface area contributed by atoms with Crippen molar-refractivity contribution in [2.45, 2.75) is 26.3 Å². The van der Waals surface area contributed by atoms with E-state index in [0.717, 1.165) is 11.1 Å². The van der Waals surface area contributed by atoms with Gasteiger partial charge < -0.3 is 20.3 Å². The maximum absolute atomic E-state index is 10.8. The molecular weight excluding hydrogens is 246 g/mol. The van der Waals surface area contributed by atoms with Crippen LogP contribution in [0.5, 0.6) is 11.5 Å². The van der Waals surface area contributed by atoms with Crippen LogP contribution in [-0.4, -0.2) is 25.3 Å². The first-order chi connectivity index (χ1) is 8.90. The van der Waals surface area contributed by atoms with Gasteiger partial charge in [0, 0.05) is 12.5 Å². The third-order valence-corrected chi connectivity index (χ3v) is 3.24. The number of carboxylic acid groups (broad SMARTS) is 1.